The third kappa shape index (κ3) is 46.8. The van der Waals surface area contributed by atoms with Gasteiger partial charge in [0.2, 0.25) is 0 Å². The van der Waals surface area contributed by atoms with Gasteiger partial charge < -0.3 is 14.6 Å². The Morgan fingerprint density at radius 2 is 0.741 bits per heavy atom. The molecule has 0 aliphatic rings. The molecule has 0 bridgehead atoms. The molecule has 0 saturated heterocycles. The van der Waals surface area contributed by atoms with Gasteiger partial charge in [0.1, 0.15) is 6.61 Å². The second-order valence-electron chi connectivity index (χ2n) is 17.2. The van der Waals surface area contributed by atoms with Crippen LogP contribution in [0.25, 0.3) is 0 Å². The maximum atomic E-state index is 12.2. The predicted octanol–water partition coefficient (Wildman–Crippen LogP) is 16.7. The highest BCUT2D eigenvalue weighted by atomic mass is 16.6. The van der Waals surface area contributed by atoms with Crippen LogP contribution >= 0.6 is 0 Å². The smallest absolute Gasteiger partial charge is 0.306 e. The lowest BCUT2D eigenvalue weighted by Crippen LogP contribution is -2.28. The van der Waals surface area contributed by atoms with Gasteiger partial charge in [-0.05, 0) is 44.9 Å². The van der Waals surface area contributed by atoms with Crippen LogP contribution in [0.4, 0.5) is 0 Å². The molecule has 0 aromatic carbocycles. The number of carbonyl (C=O) groups excluding carboxylic acids is 2. The molecule has 0 saturated carbocycles. The summed E-state index contributed by atoms with van der Waals surface area (Å²) >= 11 is 0. The summed E-state index contributed by atoms with van der Waals surface area (Å²) in [5.41, 5.74) is 0. The number of rotatable bonds is 47. The molecule has 1 N–H and O–H groups in total. The molecule has 5 nitrogen and oxygen atoms in total. The van der Waals surface area contributed by atoms with E-state index in [-0.39, 0.29) is 25.2 Å². The van der Waals surface area contributed by atoms with Crippen LogP contribution in [0.15, 0.2) is 36.5 Å². The van der Waals surface area contributed by atoms with Crippen LogP contribution in [0, 0.1) is 0 Å². The summed E-state index contributed by atoms with van der Waals surface area (Å²) in [5, 5.41) is 9.61. The van der Waals surface area contributed by atoms with E-state index < -0.39 is 6.10 Å². The molecule has 0 amide bonds. The molecule has 5 heteroatoms. The Hall–Kier alpha value is -1.88. The molecule has 0 heterocycles. The molecule has 340 valence electrons. The largest absolute Gasteiger partial charge is 0.462 e. The van der Waals surface area contributed by atoms with E-state index in [0.29, 0.717) is 12.8 Å². The van der Waals surface area contributed by atoms with Crippen LogP contribution in [0.2, 0.25) is 0 Å². The lowest BCUT2D eigenvalue weighted by Gasteiger charge is -2.15. The summed E-state index contributed by atoms with van der Waals surface area (Å²) in [5.74, 6) is -0.590. The first-order valence-electron chi connectivity index (χ1n) is 25.5. The standard InChI is InChI=1S/C53H98O5/c1-3-5-7-9-11-13-15-17-19-21-22-23-24-25-26-27-28-29-30-32-33-35-37-39-41-43-45-47-52(55)57-50-51(49-54)58-53(56)48-46-44-42-40-38-36-34-31-20-18-16-14-12-10-8-6-4-2/h6,8,12,14,18,20,51,54H,3-5,7,9-11,13,15-17,19,21-50H2,1-2H3/b8-6-,14-12-,20-18-. The average molecular weight is 815 g/mol. The third-order valence-electron chi connectivity index (χ3n) is 11.4. The van der Waals surface area contributed by atoms with E-state index in [1.807, 2.05) is 0 Å². The topological polar surface area (TPSA) is 72.8 Å². The van der Waals surface area contributed by atoms with E-state index in [2.05, 4.69) is 50.3 Å². The van der Waals surface area contributed by atoms with Gasteiger partial charge >= 0.3 is 11.9 Å². The van der Waals surface area contributed by atoms with Gasteiger partial charge in [-0.1, -0.05) is 249 Å². The molecule has 0 fully saturated rings. The molecule has 1 unspecified atom stereocenters. The summed E-state index contributed by atoms with van der Waals surface area (Å²) in [6.45, 7) is 4.06. The summed E-state index contributed by atoms with van der Waals surface area (Å²) in [6.07, 6.45) is 62.5. The van der Waals surface area contributed by atoms with Crippen molar-refractivity contribution in [3.63, 3.8) is 0 Å². The fraction of sp³-hybridized carbons (Fsp3) is 0.849. The van der Waals surface area contributed by atoms with Crippen molar-refractivity contribution < 1.29 is 24.2 Å². The summed E-state index contributed by atoms with van der Waals surface area (Å²) < 4.78 is 10.7. The van der Waals surface area contributed by atoms with E-state index >= 15 is 0 Å². The number of esters is 2. The third-order valence-corrected chi connectivity index (χ3v) is 11.4. The number of aliphatic hydroxyl groups is 1. The van der Waals surface area contributed by atoms with Crippen molar-refractivity contribution in [3.05, 3.63) is 36.5 Å². The summed E-state index contributed by atoms with van der Waals surface area (Å²) in [7, 11) is 0. The second-order valence-corrected chi connectivity index (χ2v) is 17.2. The Bertz CT molecular complexity index is 924. The quantitative estimate of drug-likeness (QED) is 0.0376. The van der Waals surface area contributed by atoms with Crippen LogP contribution in [0.1, 0.15) is 271 Å². The van der Waals surface area contributed by atoms with Gasteiger partial charge in [-0.3, -0.25) is 9.59 Å². The number of hydrogen-bond donors (Lipinski definition) is 1. The van der Waals surface area contributed by atoms with Gasteiger partial charge in [0.15, 0.2) is 6.10 Å². The number of unbranched alkanes of at least 4 members (excludes halogenated alkanes) is 33. The number of carbonyl (C=O) groups is 2. The maximum Gasteiger partial charge on any atom is 0.306 e. The van der Waals surface area contributed by atoms with Gasteiger partial charge in [0, 0.05) is 12.8 Å². The summed E-state index contributed by atoms with van der Waals surface area (Å²) in [6, 6.07) is 0. The first kappa shape index (κ1) is 56.1. The van der Waals surface area contributed by atoms with Crippen molar-refractivity contribution in [1.29, 1.82) is 0 Å². The highest BCUT2D eigenvalue weighted by Crippen LogP contribution is 2.17. The second kappa shape index (κ2) is 49.5. The lowest BCUT2D eigenvalue weighted by molar-refractivity contribution is -0.161. The number of hydrogen-bond acceptors (Lipinski definition) is 5. The minimum absolute atomic E-state index is 0.0664. The van der Waals surface area contributed by atoms with Crippen LogP contribution in [0.3, 0.4) is 0 Å². The molecule has 0 radical (unpaired) electrons. The first-order chi connectivity index (χ1) is 28.6. The van der Waals surface area contributed by atoms with E-state index in [1.165, 1.54) is 180 Å². The fourth-order valence-electron chi connectivity index (χ4n) is 7.63. The van der Waals surface area contributed by atoms with Gasteiger partial charge in [0.25, 0.3) is 0 Å². The molecule has 1 atom stereocenters. The Kier molecular flexibility index (Phi) is 47.9. The first-order valence-corrected chi connectivity index (χ1v) is 25.5. The van der Waals surface area contributed by atoms with Gasteiger partial charge in [0.05, 0.1) is 6.61 Å². The predicted molar refractivity (Wildman–Crippen MR) is 251 cm³/mol. The van der Waals surface area contributed by atoms with Crippen molar-refractivity contribution in [1.82, 2.24) is 0 Å². The van der Waals surface area contributed by atoms with Crippen LogP contribution in [0.5, 0.6) is 0 Å². The van der Waals surface area contributed by atoms with Gasteiger partial charge in [-0.25, -0.2) is 0 Å². The minimum Gasteiger partial charge on any atom is -0.462 e. The zero-order valence-corrected chi connectivity index (χ0v) is 38.8. The van der Waals surface area contributed by atoms with Crippen LogP contribution < -0.4 is 0 Å². The van der Waals surface area contributed by atoms with Crippen molar-refractivity contribution in [2.24, 2.45) is 0 Å². The van der Waals surface area contributed by atoms with Crippen molar-refractivity contribution in [2.75, 3.05) is 13.2 Å². The van der Waals surface area contributed by atoms with E-state index in [1.54, 1.807) is 0 Å². The molecule has 58 heavy (non-hydrogen) atoms. The molecule has 0 rings (SSSR count). The van der Waals surface area contributed by atoms with Crippen molar-refractivity contribution >= 4 is 11.9 Å². The average Bonchev–Trinajstić information content (AvgIpc) is 3.23. The minimum atomic E-state index is -0.775. The van der Waals surface area contributed by atoms with Crippen LogP contribution in [-0.4, -0.2) is 36.4 Å². The lowest BCUT2D eigenvalue weighted by atomic mass is 10.0. The van der Waals surface area contributed by atoms with Gasteiger partial charge in [-0.15, -0.1) is 0 Å². The fourth-order valence-corrected chi connectivity index (χ4v) is 7.63. The Morgan fingerprint density at radius 3 is 1.12 bits per heavy atom. The van der Waals surface area contributed by atoms with E-state index in [4.69, 9.17) is 9.47 Å². The summed E-state index contributed by atoms with van der Waals surface area (Å²) in [4.78, 5) is 24.4. The SMILES string of the molecule is CC/C=C\C/C=C\C/C=C\CCCCCCCCCC(=O)OC(CO)COC(=O)CCCCCCCCCCCCCCCCCCCCCCCCCCCCC. The Labute approximate surface area is 361 Å². The normalized spacial score (nSPS) is 12.4. The Balaban J connectivity index is 3.44. The highest BCUT2D eigenvalue weighted by molar-refractivity contribution is 5.70. The number of allylic oxidation sites excluding steroid dienone is 6. The van der Waals surface area contributed by atoms with Crippen LogP contribution in [-0.2, 0) is 19.1 Å². The number of aliphatic hydroxyl groups excluding tert-OH is 1. The number of ether oxygens (including phenoxy) is 2. The maximum absolute atomic E-state index is 12.2. The van der Waals surface area contributed by atoms with Crippen molar-refractivity contribution in [3.8, 4) is 0 Å². The highest BCUT2D eigenvalue weighted by Gasteiger charge is 2.16. The molecular formula is C53H98O5. The molecular weight excluding hydrogens is 717 g/mol. The molecule has 0 aliphatic carbocycles. The van der Waals surface area contributed by atoms with Gasteiger partial charge in [-0.2, -0.15) is 0 Å². The molecule has 0 aromatic rings. The van der Waals surface area contributed by atoms with E-state index in [0.717, 1.165) is 64.2 Å². The zero-order chi connectivity index (χ0) is 42.1. The Morgan fingerprint density at radius 1 is 0.414 bits per heavy atom. The molecule has 0 aliphatic heterocycles. The molecule has 0 spiro atoms. The molecule has 0 aromatic heterocycles. The van der Waals surface area contributed by atoms with E-state index in [9.17, 15) is 14.7 Å². The zero-order valence-electron chi connectivity index (χ0n) is 38.8. The van der Waals surface area contributed by atoms with Crippen molar-refractivity contribution in [2.45, 2.75) is 277 Å². The monoisotopic (exact) mass is 815 g/mol.